The SMILES string of the molecule is CC(N)c1nnnn1C1CCCC1C. The van der Waals surface area contributed by atoms with Gasteiger partial charge in [-0.2, -0.15) is 0 Å². The van der Waals surface area contributed by atoms with Crippen LogP contribution in [-0.4, -0.2) is 20.2 Å². The van der Waals surface area contributed by atoms with Gasteiger partial charge in [-0.25, -0.2) is 4.68 Å². The van der Waals surface area contributed by atoms with E-state index in [1.54, 1.807) is 0 Å². The van der Waals surface area contributed by atoms with Crippen molar-refractivity contribution in [3.05, 3.63) is 5.82 Å². The van der Waals surface area contributed by atoms with Crippen LogP contribution in [0.4, 0.5) is 0 Å². The van der Waals surface area contributed by atoms with E-state index in [0.29, 0.717) is 12.0 Å². The van der Waals surface area contributed by atoms with Gasteiger partial charge < -0.3 is 5.73 Å². The normalized spacial score (nSPS) is 29.4. The van der Waals surface area contributed by atoms with Crippen LogP contribution in [0, 0.1) is 5.92 Å². The highest BCUT2D eigenvalue weighted by Gasteiger charge is 2.28. The van der Waals surface area contributed by atoms with Gasteiger partial charge in [-0.15, -0.1) is 5.10 Å². The number of aromatic nitrogens is 4. The maximum Gasteiger partial charge on any atom is 0.167 e. The van der Waals surface area contributed by atoms with E-state index in [0.717, 1.165) is 5.82 Å². The lowest BCUT2D eigenvalue weighted by Crippen LogP contribution is -2.20. The predicted molar refractivity (Wildman–Crippen MR) is 52.5 cm³/mol. The molecule has 5 nitrogen and oxygen atoms in total. The van der Waals surface area contributed by atoms with Crippen molar-refractivity contribution in [3.63, 3.8) is 0 Å². The molecule has 1 saturated carbocycles. The molecule has 2 rings (SSSR count). The lowest BCUT2D eigenvalue weighted by molar-refractivity contribution is 0.351. The fraction of sp³-hybridized carbons (Fsp3) is 0.889. The first-order chi connectivity index (χ1) is 6.70. The number of nitrogens with two attached hydrogens (primary N) is 1. The Morgan fingerprint density at radius 3 is 2.86 bits per heavy atom. The van der Waals surface area contributed by atoms with Crippen LogP contribution in [0.2, 0.25) is 0 Å². The molecular formula is C9H17N5. The molecule has 0 bridgehead atoms. The van der Waals surface area contributed by atoms with Gasteiger partial charge in [0.25, 0.3) is 0 Å². The van der Waals surface area contributed by atoms with E-state index in [1.807, 2.05) is 11.6 Å². The van der Waals surface area contributed by atoms with E-state index in [4.69, 9.17) is 5.73 Å². The summed E-state index contributed by atoms with van der Waals surface area (Å²) < 4.78 is 1.92. The van der Waals surface area contributed by atoms with E-state index >= 15 is 0 Å². The van der Waals surface area contributed by atoms with Gasteiger partial charge in [0.15, 0.2) is 5.82 Å². The lowest BCUT2D eigenvalue weighted by Gasteiger charge is -2.17. The van der Waals surface area contributed by atoms with Crippen molar-refractivity contribution in [3.8, 4) is 0 Å². The van der Waals surface area contributed by atoms with Crippen molar-refractivity contribution in [1.29, 1.82) is 0 Å². The Morgan fingerprint density at radius 2 is 2.29 bits per heavy atom. The predicted octanol–water partition coefficient (Wildman–Crippen LogP) is 1.05. The van der Waals surface area contributed by atoms with E-state index < -0.39 is 0 Å². The molecule has 5 heteroatoms. The fourth-order valence-corrected chi connectivity index (χ4v) is 2.23. The Kier molecular flexibility index (Phi) is 2.50. The molecule has 1 aromatic heterocycles. The first-order valence-corrected chi connectivity index (χ1v) is 5.23. The second kappa shape index (κ2) is 3.65. The van der Waals surface area contributed by atoms with E-state index in [-0.39, 0.29) is 6.04 Å². The minimum absolute atomic E-state index is 0.0854. The molecule has 1 fully saturated rings. The molecule has 0 aliphatic heterocycles. The monoisotopic (exact) mass is 195 g/mol. The van der Waals surface area contributed by atoms with Crippen LogP contribution in [0.15, 0.2) is 0 Å². The van der Waals surface area contributed by atoms with Crippen molar-refractivity contribution >= 4 is 0 Å². The van der Waals surface area contributed by atoms with Crippen LogP contribution in [0.3, 0.4) is 0 Å². The second-order valence-electron chi connectivity index (χ2n) is 4.25. The first-order valence-electron chi connectivity index (χ1n) is 5.23. The molecule has 3 unspecified atom stereocenters. The summed E-state index contributed by atoms with van der Waals surface area (Å²) in [6.07, 6.45) is 3.71. The Balaban J connectivity index is 2.26. The molecule has 0 saturated heterocycles. The third-order valence-electron chi connectivity index (χ3n) is 3.06. The zero-order chi connectivity index (χ0) is 10.1. The molecule has 1 heterocycles. The number of rotatable bonds is 2. The molecular weight excluding hydrogens is 178 g/mol. The third-order valence-corrected chi connectivity index (χ3v) is 3.06. The van der Waals surface area contributed by atoms with Gasteiger partial charge in [0.05, 0.1) is 12.1 Å². The second-order valence-corrected chi connectivity index (χ2v) is 4.25. The van der Waals surface area contributed by atoms with Gasteiger partial charge in [-0.1, -0.05) is 13.3 Å². The van der Waals surface area contributed by atoms with E-state index in [1.165, 1.54) is 19.3 Å². The average molecular weight is 195 g/mol. The van der Waals surface area contributed by atoms with Crippen LogP contribution in [0.1, 0.15) is 51.0 Å². The van der Waals surface area contributed by atoms with Crippen molar-refractivity contribution in [2.24, 2.45) is 11.7 Å². The van der Waals surface area contributed by atoms with Crippen molar-refractivity contribution < 1.29 is 0 Å². The molecule has 3 atom stereocenters. The molecule has 78 valence electrons. The van der Waals surface area contributed by atoms with Crippen LogP contribution in [-0.2, 0) is 0 Å². The van der Waals surface area contributed by atoms with Crippen molar-refractivity contribution in [1.82, 2.24) is 20.2 Å². The van der Waals surface area contributed by atoms with Gasteiger partial charge in [0.2, 0.25) is 0 Å². The summed E-state index contributed by atoms with van der Waals surface area (Å²) in [6, 6.07) is 0.365. The summed E-state index contributed by atoms with van der Waals surface area (Å²) in [5, 5.41) is 11.7. The summed E-state index contributed by atoms with van der Waals surface area (Å²) >= 11 is 0. The standard InChI is InChI=1S/C9H17N5/c1-6-4-3-5-8(6)14-9(7(2)10)11-12-13-14/h6-8H,3-5,10H2,1-2H3. The first kappa shape index (κ1) is 9.58. The summed E-state index contributed by atoms with van der Waals surface area (Å²) in [6.45, 7) is 4.17. The zero-order valence-corrected chi connectivity index (χ0v) is 8.72. The molecule has 14 heavy (non-hydrogen) atoms. The Hall–Kier alpha value is -0.970. The number of hydrogen-bond acceptors (Lipinski definition) is 4. The van der Waals surface area contributed by atoms with Crippen molar-refractivity contribution in [2.45, 2.75) is 45.2 Å². The molecule has 0 spiro atoms. The zero-order valence-electron chi connectivity index (χ0n) is 8.72. The fourth-order valence-electron chi connectivity index (χ4n) is 2.23. The Labute approximate surface area is 83.7 Å². The van der Waals surface area contributed by atoms with Crippen LogP contribution < -0.4 is 5.73 Å². The molecule has 1 aliphatic carbocycles. The van der Waals surface area contributed by atoms with Crippen LogP contribution >= 0.6 is 0 Å². The summed E-state index contributed by atoms with van der Waals surface area (Å²) in [7, 11) is 0. The van der Waals surface area contributed by atoms with Crippen molar-refractivity contribution in [2.75, 3.05) is 0 Å². The molecule has 1 aliphatic rings. The summed E-state index contributed by atoms with van der Waals surface area (Å²) in [5.41, 5.74) is 5.81. The smallest absolute Gasteiger partial charge is 0.167 e. The highest BCUT2D eigenvalue weighted by atomic mass is 15.6. The maximum absolute atomic E-state index is 5.81. The number of hydrogen-bond donors (Lipinski definition) is 1. The van der Waals surface area contributed by atoms with Crippen LogP contribution in [0.5, 0.6) is 0 Å². The highest BCUT2D eigenvalue weighted by molar-refractivity contribution is 4.92. The quantitative estimate of drug-likeness (QED) is 0.766. The minimum atomic E-state index is -0.0854. The molecule has 2 N–H and O–H groups in total. The Bertz CT molecular complexity index is 306. The average Bonchev–Trinajstić information content (AvgIpc) is 2.70. The minimum Gasteiger partial charge on any atom is -0.322 e. The van der Waals surface area contributed by atoms with Gasteiger partial charge in [-0.05, 0) is 36.1 Å². The van der Waals surface area contributed by atoms with Gasteiger partial charge in [-0.3, -0.25) is 0 Å². The van der Waals surface area contributed by atoms with Gasteiger partial charge >= 0.3 is 0 Å². The van der Waals surface area contributed by atoms with Gasteiger partial charge in [0, 0.05) is 0 Å². The van der Waals surface area contributed by atoms with E-state index in [9.17, 15) is 0 Å². The van der Waals surface area contributed by atoms with Crippen LogP contribution in [0.25, 0.3) is 0 Å². The molecule has 1 aromatic rings. The molecule has 0 aromatic carbocycles. The largest absolute Gasteiger partial charge is 0.322 e. The Morgan fingerprint density at radius 1 is 1.50 bits per heavy atom. The number of tetrazole rings is 1. The molecule has 0 amide bonds. The lowest BCUT2D eigenvalue weighted by atomic mass is 10.1. The molecule has 0 radical (unpaired) electrons. The topological polar surface area (TPSA) is 69.6 Å². The number of nitrogens with zero attached hydrogens (tertiary/aromatic N) is 4. The van der Waals surface area contributed by atoms with E-state index in [2.05, 4.69) is 22.4 Å². The van der Waals surface area contributed by atoms with Gasteiger partial charge in [0.1, 0.15) is 0 Å². The highest BCUT2D eigenvalue weighted by Crippen LogP contribution is 2.35. The summed E-state index contributed by atoms with van der Waals surface area (Å²) in [5.74, 6) is 1.47. The summed E-state index contributed by atoms with van der Waals surface area (Å²) in [4.78, 5) is 0. The maximum atomic E-state index is 5.81. The third kappa shape index (κ3) is 1.52.